The lowest BCUT2D eigenvalue weighted by atomic mass is 9.93. The quantitative estimate of drug-likeness (QED) is 0.814. The van der Waals surface area contributed by atoms with Crippen LogP contribution in [0.15, 0.2) is 60.7 Å². The molecule has 1 fully saturated rings. The minimum atomic E-state index is -0.938. The number of hydrogen-bond donors (Lipinski definition) is 1. The Kier molecular flexibility index (Phi) is 5.07. The molecule has 0 spiro atoms. The van der Waals surface area contributed by atoms with E-state index in [0.29, 0.717) is 6.42 Å². The molecule has 3 rings (SSSR count). The number of urea groups is 1. The average Bonchev–Trinajstić information content (AvgIpc) is 2.86. The molecule has 0 saturated carbocycles. The highest BCUT2D eigenvalue weighted by Gasteiger charge is 2.47. The number of nitrogens with zero attached hydrogens (tertiary/aromatic N) is 1. The van der Waals surface area contributed by atoms with Crippen molar-refractivity contribution in [3.8, 4) is 5.75 Å². The van der Waals surface area contributed by atoms with E-state index in [1.807, 2.05) is 66.7 Å². The minimum absolute atomic E-state index is 0.212. The second kappa shape index (κ2) is 7.44. The Balaban J connectivity index is 1.67. The van der Waals surface area contributed by atoms with Crippen molar-refractivity contribution in [2.75, 3.05) is 13.7 Å². The molecule has 1 saturated heterocycles. The molecule has 0 radical (unpaired) electrons. The summed E-state index contributed by atoms with van der Waals surface area (Å²) in [6, 6.07) is 16.9. The molecule has 0 aliphatic carbocycles. The molecule has 1 aliphatic rings. The number of ether oxygens (including phenoxy) is 1. The second-order valence-corrected chi connectivity index (χ2v) is 6.52. The van der Waals surface area contributed by atoms with Crippen molar-refractivity contribution < 1.29 is 14.3 Å². The van der Waals surface area contributed by atoms with Crippen LogP contribution >= 0.6 is 0 Å². The Morgan fingerprint density at radius 3 is 2.42 bits per heavy atom. The van der Waals surface area contributed by atoms with Crippen molar-refractivity contribution >= 4 is 18.0 Å². The Morgan fingerprint density at radius 2 is 1.77 bits per heavy atom. The summed E-state index contributed by atoms with van der Waals surface area (Å²) in [5.74, 6) is 0.546. The van der Waals surface area contributed by atoms with Crippen molar-refractivity contribution in [1.82, 2.24) is 10.2 Å². The van der Waals surface area contributed by atoms with Crippen LogP contribution in [0.25, 0.3) is 6.08 Å². The first-order chi connectivity index (χ1) is 12.5. The van der Waals surface area contributed by atoms with Gasteiger partial charge in [0.05, 0.1) is 7.11 Å². The number of methoxy groups -OCH3 is 1. The Hall–Kier alpha value is -3.08. The molecule has 1 heterocycles. The van der Waals surface area contributed by atoms with Gasteiger partial charge in [-0.25, -0.2) is 4.79 Å². The van der Waals surface area contributed by atoms with Crippen LogP contribution in [-0.4, -0.2) is 36.0 Å². The van der Waals surface area contributed by atoms with Crippen molar-refractivity contribution in [1.29, 1.82) is 0 Å². The predicted molar refractivity (Wildman–Crippen MR) is 101 cm³/mol. The van der Waals surface area contributed by atoms with Crippen LogP contribution in [0.3, 0.4) is 0 Å². The molecule has 1 unspecified atom stereocenters. The number of imide groups is 1. The SMILES string of the molecule is COc1ccc(CC2(C)NC(=O)N(C/C=C/c3ccccc3)C2=O)cc1. The lowest BCUT2D eigenvalue weighted by Gasteiger charge is -2.21. The summed E-state index contributed by atoms with van der Waals surface area (Å²) in [4.78, 5) is 26.3. The standard InChI is InChI=1S/C21H22N2O3/c1-21(15-17-10-12-18(26-2)13-11-17)19(24)23(20(25)22-21)14-6-9-16-7-4-3-5-8-16/h3-13H,14-15H2,1-2H3,(H,22,25)/b9-6+. The van der Waals surface area contributed by atoms with Crippen molar-refractivity contribution in [3.63, 3.8) is 0 Å². The van der Waals surface area contributed by atoms with Crippen LogP contribution in [-0.2, 0) is 11.2 Å². The van der Waals surface area contributed by atoms with Crippen LogP contribution in [0, 0.1) is 0 Å². The van der Waals surface area contributed by atoms with E-state index in [2.05, 4.69) is 5.32 Å². The van der Waals surface area contributed by atoms with E-state index >= 15 is 0 Å². The summed E-state index contributed by atoms with van der Waals surface area (Å²) in [6.45, 7) is 2.01. The molecule has 1 atom stereocenters. The molecule has 26 heavy (non-hydrogen) atoms. The van der Waals surface area contributed by atoms with Crippen molar-refractivity contribution in [3.05, 3.63) is 71.8 Å². The fraction of sp³-hybridized carbons (Fsp3) is 0.238. The zero-order valence-electron chi connectivity index (χ0n) is 14.9. The smallest absolute Gasteiger partial charge is 0.325 e. The predicted octanol–water partition coefficient (Wildman–Crippen LogP) is 3.26. The van der Waals surface area contributed by atoms with Crippen molar-refractivity contribution in [2.24, 2.45) is 0 Å². The van der Waals surface area contributed by atoms with E-state index in [1.54, 1.807) is 14.0 Å². The Bertz CT molecular complexity index is 815. The number of rotatable bonds is 6. The molecular weight excluding hydrogens is 328 g/mol. The zero-order chi connectivity index (χ0) is 18.6. The molecule has 5 nitrogen and oxygen atoms in total. The first-order valence-corrected chi connectivity index (χ1v) is 8.50. The summed E-state index contributed by atoms with van der Waals surface area (Å²) in [5, 5.41) is 2.83. The fourth-order valence-corrected chi connectivity index (χ4v) is 3.04. The largest absolute Gasteiger partial charge is 0.497 e. The number of amides is 3. The normalized spacial score (nSPS) is 19.8. The van der Waals surface area contributed by atoms with Gasteiger partial charge in [-0.05, 0) is 30.2 Å². The van der Waals surface area contributed by atoms with Crippen molar-refractivity contribution in [2.45, 2.75) is 18.9 Å². The van der Waals surface area contributed by atoms with Crippen LogP contribution < -0.4 is 10.1 Å². The highest BCUT2D eigenvalue weighted by Crippen LogP contribution is 2.23. The highest BCUT2D eigenvalue weighted by atomic mass is 16.5. The van der Waals surface area contributed by atoms with E-state index in [1.165, 1.54) is 4.90 Å². The Morgan fingerprint density at radius 1 is 1.08 bits per heavy atom. The van der Waals surface area contributed by atoms with Gasteiger partial charge in [-0.3, -0.25) is 9.69 Å². The summed E-state index contributed by atoms with van der Waals surface area (Å²) in [5.41, 5.74) is 1.05. The maximum Gasteiger partial charge on any atom is 0.325 e. The third-order valence-electron chi connectivity index (χ3n) is 4.46. The molecule has 1 aliphatic heterocycles. The zero-order valence-corrected chi connectivity index (χ0v) is 14.9. The Labute approximate surface area is 153 Å². The molecular formula is C21H22N2O3. The topological polar surface area (TPSA) is 58.6 Å². The van der Waals surface area contributed by atoms with Crippen LogP contribution in [0.5, 0.6) is 5.75 Å². The van der Waals surface area contributed by atoms with Gasteiger partial charge in [0, 0.05) is 13.0 Å². The number of carbonyl (C=O) groups is 2. The summed E-state index contributed by atoms with van der Waals surface area (Å²) < 4.78 is 5.15. The van der Waals surface area contributed by atoms with Gasteiger partial charge in [0.15, 0.2) is 0 Å². The first kappa shape index (κ1) is 17.7. The second-order valence-electron chi connectivity index (χ2n) is 6.52. The van der Waals surface area contributed by atoms with Gasteiger partial charge in [0.2, 0.25) is 0 Å². The van der Waals surface area contributed by atoms with Gasteiger partial charge in [-0.15, -0.1) is 0 Å². The lowest BCUT2D eigenvalue weighted by Crippen LogP contribution is -2.46. The van der Waals surface area contributed by atoms with Gasteiger partial charge in [-0.1, -0.05) is 54.6 Å². The number of carbonyl (C=O) groups excluding carboxylic acids is 2. The van der Waals surface area contributed by atoms with Gasteiger partial charge in [0.1, 0.15) is 11.3 Å². The van der Waals surface area contributed by atoms with E-state index in [-0.39, 0.29) is 18.5 Å². The first-order valence-electron chi connectivity index (χ1n) is 8.50. The molecule has 2 aromatic carbocycles. The summed E-state index contributed by atoms with van der Waals surface area (Å²) in [6.07, 6.45) is 4.16. The van der Waals surface area contributed by atoms with E-state index in [0.717, 1.165) is 16.9 Å². The third kappa shape index (κ3) is 3.77. The van der Waals surface area contributed by atoms with Gasteiger partial charge < -0.3 is 10.1 Å². The third-order valence-corrected chi connectivity index (χ3v) is 4.46. The molecule has 134 valence electrons. The van der Waals surface area contributed by atoms with Gasteiger partial charge in [-0.2, -0.15) is 0 Å². The summed E-state index contributed by atoms with van der Waals surface area (Å²) >= 11 is 0. The van der Waals surface area contributed by atoms with Crippen LogP contribution in [0.4, 0.5) is 4.79 Å². The molecule has 5 heteroatoms. The van der Waals surface area contributed by atoms with Crippen LogP contribution in [0.2, 0.25) is 0 Å². The maximum absolute atomic E-state index is 12.8. The maximum atomic E-state index is 12.8. The number of benzene rings is 2. The van der Waals surface area contributed by atoms with E-state index < -0.39 is 5.54 Å². The highest BCUT2D eigenvalue weighted by molar-refractivity contribution is 6.07. The molecule has 3 amide bonds. The molecule has 0 aromatic heterocycles. The van der Waals surface area contributed by atoms with E-state index in [9.17, 15) is 9.59 Å². The minimum Gasteiger partial charge on any atom is -0.497 e. The van der Waals surface area contributed by atoms with Gasteiger partial charge >= 0.3 is 6.03 Å². The number of hydrogen-bond acceptors (Lipinski definition) is 3. The average molecular weight is 350 g/mol. The van der Waals surface area contributed by atoms with E-state index in [4.69, 9.17) is 4.74 Å². The monoisotopic (exact) mass is 350 g/mol. The molecule has 0 bridgehead atoms. The lowest BCUT2D eigenvalue weighted by molar-refractivity contribution is -0.130. The fourth-order valence-electron chi connectivity index (χ4n) is 3.04. The van der Waals surface area contributed by atoms with Crippen LogP contribution in [0.1, 0.15) is 18.1 Å². The molecule has 2 aromatic rings. The molecule has 1 N–H and O–H groups in total. The van der Waals surface area contributed by atoms with Gasteiger partial charge in [0.25, 0.3) is 5.91 Å². The summed E-state index contributed by atoms with van der Waals surface area (Å²) in [7, 11) is 1.61. The number of nitrogens with one attached hydrogen (secondary N) is 1.